The van der Waals surface area contributed by atoms with Gasteiger partial charge in [0.15, 0.2) is 4.34 Å². The van der Waals surface area contributed by atoms with Crippen LogP contribution in [0, 0.1) is 20.8 Å². The Kier molecular flexibility index (Phi) is 6.59. The summed E-state index contributed by atoms with van der Waals surface area (Å²) in [5.74, 6) is -0.263. The van der Waals surface area contributed by atoms with Crippen molar-refractivity contribution in [1.29, 1.82) is 0 Å². The average Bonchev–Trinajstić information content (AvgIpc) is 3.03. The zero-order chi connectivity index (χ0) is 20.3. The van der Waals surface area contributed by atoms with Gasteiger partial charge in [0.05, 0.1) is 22.5 Å². The number of carbonyl (C=O) groups excluding carboxylic acids is 2. The minimum Gasteiger partial charge on any atom is -0.346 e. The fourth-order valence-corrected chi connectivity index (χ4v) is 4.90. The molecule has 28 heavy (non-hydrogen) atoms. The molecular weight excluding hydrogens is 414 g/mol. The Balaban J connectivity index is 1.49. The predicted octanol–water partition coefficient (Wildman–Crippen LogP) is 4.72. The molecule has 0 fully saturated rings. The summed E-state index contributed by atoms with van der Waals surface area (Å²) in [5, 5.41) is 6.16. The van der Waals surface area contributed by atoms with E-state index in [0.29, 0.717) is 5.02 Å². The first-order valence-corrected chi connectivity index (χ1v) is 10.8. The Morgan fingerprint density at radius 2 is 1.82 bits per heavy atom. The van der Waals surface area contributed by atoms with Gasteiger partial charge in [0, 0.05) is 10.7 Å². The Bertz CT molecular complexity index is 1030. The Morgan fingerprint density at radius 1 is 1.11 bits per heavy atom. The summed E-state index contributed by atoms with van der Waals surface area (Å²) in [4.78, 5) is 28.7. The van der Waals surface area contributed by atoms with Crippen LogP contribution in [0.2, 0.25) is 5.02 Å². The van der Waals surface area contributed by atoms with Crippen LogP contribution in [0.1, 0.15) is 16.7 Å². The SMILES string of the molecule is Cc1cc(C)c(NC(=O)CNC(=O)CSc2nc3cc(Cl)ccc3s2)c(C)c1. The molecule has 0 aliphatic heterocycles. The number of nitrogens with zero attached hydrogens (tertiary/aromatic N) is 1. The number of aryl methyl sites for hydroxylation is 3. The van der Waals surface area contributed by atoms with Gasteiger partial charge in [-0.25, -0.2) is 4.98 Å². The fraction of sp³-hybridized carbons (Fsp3) is 0.250. The van der Waals surface area contributed by atoms with Gasteiger partial charge in [-0.3, -0.25) is 9.59 Å². The molecule has 0 atom stereocenters. The molecule has 2 amide bonds. The van der Waals surface area contributed by atoms with E-state index in [1.807, 2.05) is 45.0 Å². The summed E-state index contributed by atoms with van der Waals surface area (Å²) in [6.07, 6.45) is 0. The lowest BCUT2D eigenvalue weighted by Gasteiger charge is -2.13. The third-order valence-electron chi connectivity index (χ3n) is 4.04. The molecule has 146 valence electrons. The van der Waals surface area contributed by atoms with Crippen molar-refractivity contribution in [3.8, 4) is 0 Å². The molecule has 1 aromatic heterocycles. The van der Waals surface area contributed by atoms with Crippen LogP contribution in [0.3, 0.4) is 0 Å². The summed E-state index contributed by atoms with van der Waals surface area (Å²) < 4.78 is 1.82. The fourth-order valence-electron chi connectivity index (χ4n) is 2.86. The number of amides is 2. The summed E-state index contributed by atoms with van der Waals surface area (Å²) >= 11 is 8.82. The lowest BCUT2D eigenvalue weighted by Crippen LogP contribution is -2.34. The van der Waals surface area contributed by atoms with E-state index < -0.39 is 0 Å². The van der Waals surface area contributed by atoms with E-state index in [-0.39, 0.29) is 24.1 Å². The average molecular weight is 434 g/mol. The van der Waals surface area contributed by atoms with Crippen molar-refractivity contribution in [2.24, 2.45) is 0 Å². The number of hydrogen-bond acceptors (Lipinski definition) is 5. The highest BCUT2D eigenvalue weighted by molar-refractivity contribution is 8.01. The number of aromatic nitrogens is 1. The van der Waals surface area contributed by atoms with Gasteiger partial charge in [-0.05, 0) is 50.1 Å². The topological polar surface area (TPSA) is 71.1 Å². The number of halogens is 1. The number of nitrogens with one attached hydrogen (secondary N) is 2. The minimum absolute atomic E-state index is 0.0679. The van der Waals surface area contributed by atoms with Gasteiger partial charge in [0.1, 0.15) is 0 Å². The van der Waals surface area contributed by atoms with Crippen molar-refractivity contribution in [1.82, 2.24) is 10.3 Å². The van der Waals surface area contributed by atoms with E-state index in [2.05, 4.69) is 15.6 Å². The first kappa shape index (κ1) is 20.6. The van der Waals surface area contributed by atoms with Gasteiger partial charge in [-0.1, -0.05) is 41.1 Å². The second-order valence-corrected chi connectivity index (χ2v) is 9.17. The predicted molar refractivity (Wildman–Crippen MR) is 118 cm³/mol. The molecule has 8 heteroatoms. The van der Waals surface area contributed by atoms with Crippen LogP contribution in [0.4, 0.5) is 5.69 Å². The largest absolute Gasteiger partial charge is 0.346 e. The molecular formula is C20H20ClN3O2S2. The lowest BCUT2D eigenvalue weighted by molar-refractivity contribution is -0.122. The van der Waals surface area contributed by atoms with E-state index in [4.69, 9.17) is 11.6 Å². The first-order valence-electron chi connectivity index (χ1n) is 8.65. The van der Waals surface area contributed by atoms with E-state index in [0.717, 1.165) is 36.9 Å². The van der Waals surface area contributed by atoms with E-state index in [9.17, 15) is 9.59 Å². The third-order valence-corrected chi connectivity index (χ3v) is 6.46. The quantitative estimate of drug-likeness (QED) is 0.551. The number of fused-ring (bicyclic) bond motifs is 1. The zero-order valence-corrected chi connectivity index (χ0v) is 18.1. The standard InChI is InChI=1S/C20H20ClN3O2S2/c1-11-6-12(2)19(13(3)7-11)24-17(25)9-22-18(26)10-27-20-23-15-8-14(21)4-5-16(15)28-20/h4-8H,9-10H2,1-3H3,(H,22,26)(H,24,25). The molecule has 5 nitrogen and oxygen atoms in total. The molecule has 2 N–H and O–H groups in total. The molecule has 0 aliphatic carbocycles. The highest BCUT2D eigenvalue weighted by Gasteiger charge is 2.11. The van der Waals surface area contributed by atoms with Gasteiger partial charge in [0.25, 0.3) is 0 Å². The Labute approximate surface area is 176 Å². The van der Waals surface area contributed by atoms with Crippen LogP contribution >= 0.6 is 34.7 Å². The van der Waals surface area contributed by atoms with Gasteiger partial charge < -0.3 is 10.6 Å². The number of thiazole rings is 1. The van der Waals surface area contributed by atoms with Gasteiger partial charge in [0.2, 0.25) is 11.8 Å². The maximum atomic E-state index is 12.2. The van der Waals surface area contributed by atoms with Crippen LogP contribution in [0.25, 0.3) is 10.2 Å². The number of anilines is 1. The van der Waals surface area contributed by atoms with E-state index in [1.54, 1.807) is 6.07 Å². The molecule has 2 aromatic carbocycles. The molecule has 0 unspecified atom stereocenters. The molecule has 1 heterocycles. The smallest absolute Gasteiger partial charge is 0.243 e. The molecule has 0 saturated carbocycles. The molecule has 0 spiro atoms. The second kappa shape index (κ2) is 8.94. The van der Waals surface area contributed by atoms with Crippen LogP contribution in [0.5, 0.6) is 0 Å². The second-order valence-electron chi connectivity index (χ2n) is 6.48. The van der Waals surface area contributed by atoms with Crippen molar-refractivity contribution in [3.05, 3.63) is 52.0 Å². The van der Waals surface area contributed by atoms with Crippen molar-refractivity contribution in [2.75, 3.05) is 17.6 Å². The number of rotatable bonds is 6. The molecule has 0 saturated heterocycles. The van der Waals surface area contributed by atoms with Crippen LogP contribution in [0.15, 0.2) is 34.7 Å². The summed E-state index contributed by atoms with van der Waals surface area (Å²) in [5.41, 5.74) is 4.78. The maximum absolute atomic E-state index is 12.2. The summed E-state index contributed by atoms with van der Waals surface area (Å²) in [6, 6.07) is 9.57. The van der Waals surface area contributed by atoms with Crippen LogP contribution in [-0.4, -0.2) is 29.1 Å². The Hall–Kier alpha value is -2.09. The van der Waals surface area contributed by atoms with Gasteiger partial charge >= 0.3 is 0 Å². The van der Waals surface area contributed by atoms with Crippen LogP contribution < -0.4 is 10.6 Å². The lowest BCUT2D eigenvalue weighted by atomic mass is 10.1. The molecule has 0 bridgehead atoms. The number of thioether (sulfide) groups is 1. The highest BCUT2D eigenvalue weighted by atomic mass is 35.5. The molecule has 3 rings (SSSR count). The minimum atomic E-state index is -0.247. The molecule has 0 radical (unpaired) electrons. The van der Waals surface area contributed by atoms with E-state index in [1.165, 1.54) is 23.1 Å². The molecule has 3 aromatic rings. The summed E-state index contributed by atoms with van der Waals surface area (Å²) in [6.45, 7) is 5.86. The normalized spacial score (nSPS) is 10.9. The van der Waals surface area contributed by atoms with Crippen molar-refractivity contribution in [3.63, 3.8) is 0 Å². The maximum Gasteiger partial charge on any atom is 0.243 e. The van der Waals surface area contributed by atoms with Crippen molar-refractivity contribution < 1.29 is 9.59 Å². The van der Waals surface area contributed by atoms with Gasteiger partial charge in [-0.15, -0.1) is 11.3 Å². The monoisotopic (exact) mass is 433 g/mol. The Morgan fingerprint density at radius 3 is 2.54 bits per heavy atom. The number of hydrogen-bond donors (Lipinski definition) is 2. The number of carbonyl (C=O) groups is 2. The first-order chi connectivity index (χ1) is 13.3. The van der Waals surface area contributed by atoms with Crippen molar-refractivity contribution >= 4 is 62.4 Å². The van der Waals surface area contributed by atoms with Crippen molar-refractivity contribution in [2.45, 2.75) is 25.1 Å². The number of benzene rings is 2. The molecule has 0 aliphatic rings. The summed E-state index contributed by atoms with van der Waals surface area (Å²) in [7, 11) is 0. The highest BCUT2D eigenvalue weighted by Crippen LogP contribution is 2.30. The van der Waals surface area contributed by atoms with Crippen LogP contribution in [-0.2, 0) is 9.59 Å². The zero-order valence-electron chi connectivity index (χ0n) is 15.8. The van der Waals surface area contributed by atoms with E-state index >= 15 is 0 Å². The van der Waals surface area contributed by atoms with Gasteiger partial charge in [-0.2, -0.15) is 0 Å². The third kappa shape index (κ3) is 5.25.